The lowest BCUT2D eigenvalue weighted by molar-refractivity contribution is -0.222. The fourth-order valence-corrected chi connectivity index (χ4v) is 3.51. The van der Waals surface area contributed by atoms with Gasteiger partial charge in [-0.3, -0.25) is 9.59 Å². The molecule has 166 valence electrons. The minimum Gasteiger partial charge on any atom is -0.466 e. The lowest BCUT2D eigenvalue weighted by atomic mass is 9.97. The third kappa shape index (κ3) is 5.22. The van der Waals surface area contributed by atoms with Gasteiger partial charge in [0.05, 0.1) is 23.8 Å². The maximum atomic E-state index is 13.1. The standard InChI is InChI=1S/C22H26N2O7/c1-4-29-19(26)14-8-7-11-24(13-14)18(25)15-9-5-6-10-17(15)23-12-16-20(27)30-22(2,3)31-21(16)28/h5-6,9-10,12,14,23H,4,7-8,11,13H2,1-3H3. The van der Waals surface area contributed by atoms with E-state index >= 15 is 0 Å². The van der Waals surface area contributed by atoms with Gasteiger partial charge in [0.25, 0.3) is 11.7 Å². The summed E-state index contributed by atoms with van der Waals surface area (Å²) in [5, 5.41) is 2.84. The predicted molar refractivity (Wildman–Crippen MR) is 110 cm³/mol. The number of benzene rings is 1. The molecule has 1 amide bonds. The Kier molecular flexibility index (Phi) is 6.62. The van der Waals surface area contributed by atoms with Crippen LogP contribution < -0.4 is 5.32 Å². The smallest absolute Gasteiger partial charge is 0.350 e. The fraction of sp³-hybridized carbons (Fsp3) is 0.455. The van der Waals surface area contributed by atoms with E-state index < -0.39 is 17.7 Å². The van der Waals surface area contributed by atoms with Crippen molar-refractivity contribution in [2.45, 2.75) is 39.4 Å². The van der Waals surface area contributed by atoms with Crippen LogP contribution >= 0.6 is 0 Å². The van der Waals surface area contributed by atoms with E-state index in [1.54, 1.807) is 36.1 Å². The lowest BCUT2D eigenvalue weighted by Gasteiger charge is -2.32. The normalized spacial score (nSPS) is 20.4. The molecule has 1 aromatic carbocycles. The SMILES string of the molecule is CCOC(=O)C1CCCN(C(=O)c2ccccc2NC=C2C(=O)OC(C)(C)OC2=O)C1. The van der Waals surface area contributed by atoms with Gasteiger partial charge < -0.3 is 24.4 Å². The van der Waals surface area contributed by atoms with Crippen molar-refractivity contribution < 1.29 is 33.4 Å². The molecule has 0 bridgehead atoms. The lowest BCUT2D eigenvalue weighted by Crippen LogP contribution is -2.43. The van der Waals surface area contributed by atoms with E-state index in [1.165, 1.54) is 20.0 Å². The number of esters is 3. The monoisotopic (exact) mass is 430 g/mol. The van der Waals surface area contributed by atoms with Gasteiger partial charge in [0, 0.05) is 33.1 Å². The van der Waals surface area contributed by atoms with Crippen molar-refractivity contribution in [1.82, 2.24) is 4.90 Å². The second-order valence-electron chi connectivity index (χ2n) is 7.77. The molecule has 2 aliphatic rings. The topological polar surface area (TPSA) is 111 Å². The zero-order valence-electron chi connectivity index (χ0n) is 17.8. The Hall–Kier alpha value is -3.36. The van der Waals surface area contributed by atoms with Crippen LogP contribution in [0.15, 0.2) is 36.0 Å². The number of rotatable bonds is 5. The number of carbonyl (C=O) groups excluding carboxylic acids is 4. The number of anilines is 1. The van der Waals surface area contributed by atoms with Crippen molar-refractivity contribution in [3.63, 3.8) is 0 Å². The highest BCUT2D eigenvalue weighted by molar-refractivity contribution is 6.15. The molecule has 0 spiro atoms. The van der Waals surface area contributed by atoms with Crippen LogP contribution in [0.1, 0.15) is 44.0 Å². The molecule has 2 aliphatic heterocycles. The van der Waals surface area contributed by atoms with Gasteiger partial charge in [-0.1, -0.05) is 12.1 Å². The molecule has 0 aliphatic carbocycles. The number of amides is 1. The Morgan fingerprint density at radius 2 is 1.90 bits per heavy atom. The van der Waals surface area contributed by atoms with Crippen molar-refractivity contribution >= 4 is 29.5 Å². The number of likely N-dealkylation sites (tertiary alicyclic amines) is 1. The van der Waals surface area contributed by atoms with E-state index in [-0.39, 0.29) is 29.9 Å². The molecule has 0 saturated carbocycles. The first-order valence-electron chi connectivity index (χ1n) is 10.2. The van der Waals surface area contributed by atoms with E-state index in [0.717, 1.165) is 0 Å². The third-order valence-corrected chi connectivity index (χ3v) is 4.97. The molecule has 9 heteroatoms. The van der Waals surface area contributed by atoms with Gasteiger partial charge >= 0.3 is 17.9 Å². The zero-order chi connectivity index (χ0) is 22.6. The number of hydrogen-bond acceptors (Lipinski definition) is 8. The summed E-state index contributed by atoms with van der Waals surface area (Å²) in [7, 11) is 0. The van der Waals surface area contributed by atoms with E-state index in [2.05, 4.69) is 5.32 Å². The van der Waals surface area contributed by atoms with E-state index in [9.17, 15) is 19.2 Å². The molecule has 2 heterocycles. The van der Waals surface area contributed by atoms with Crippen LogP contribution in [0.2, 0.25) is 0 Å². The fourth-order valence-electron chi connectivity index (χ4n) is 3.51. The minimum atomic E-state index is -1.33. The number of ether oxygens (including phenoxy) is 3. The maximum Gasteiger partial charge on any atom is 0.350 e. The van der Waals surface area contributed by atoms with Gasteiger partial charge in [-0.25, -0.2) is 9.59 Å². The van der Waals surface area contributed by atoms with E-state index in [0.29, 0.717) is 37.2 Å². The molecule has 1 aromatic rings. The molecular formula is C22H26N2O7. The summed E-state index contributed by atoms with van der Waals surface area (Å²) in [5.74, 6) is -3.87. The number of nitrogens with zero attached hydrogens (tertiary/aromatic N) is 1. The van der Waals surface area contributed by atoms with Crippen molar-refractivity contribution in [3.8, 4) is 0 Å². The van der Waals surface area contributed by atoms with E-state index in [1.807, 2.05) is 0 Å². The molecule has 1 N–H and O–H groups in total. The van der Waals surface area contributed by atoms with Crippen LogP contribution in [0.25, 0.3) is 0 Å². The van der Waals surface area contributed by atoms with Gasteiger partial charge in [0.15, 0.2) is 5.57 Å². The molecule has 3 rings (SSSR count). The number of hydrogen-bond donors (Lipinski definition) is 1. The van der Waals surface area contributed by atoms with Crippen molar-refractivity contribution in [2.75, 3.05) is 25.0 Å². The second kappa shape index (κ2) is 9.20. The van der Waals surface area contributed by atoms with Crippen molar-refractivity contribution in [3.05, 3.63) is 41.6 Å². The molecule has 1 atom stereocenters. The molecule has 2 saturated heterocycles. The average Bonchev–Trinajstić information content (AvgIpc) is 2.72. The van der Waals surface area contributed by atoms with Gasteiger partial charge in [-0.2, -0.15) is 0 Å². The van der Waals surface area contributed by atoms with E-state index in [4.69, 9.17) is 14.2 Å². The molecule has 0 radical (unpaired) electrons. The Balaban J connectivity index is 1.76. The van der Waals surface area contributed by atoms with Gasteiger partial charge in [-0.05, 0) is 31.9 Å². The Morgan fingerprint density at radius 3 is 2.58 bits per heavy atom. The maximum absolute atomic E-state index is 13.1. The van der Waals surface area contributed by atoms with Crippen LogP contribution in [0, 0.1) is 5.92 Å². The number of cyclic esters (lactones) is 2. The summed E-state index contributed by atoms with van der Waals surface area (Å²) in [6.07, 6.45) is 2.54. The summed E-state index contributed by atoms with van der Waals surface area (Å²) in [4.78, 5) is 51.1. The summed E-state index contributed by atoms with van der Waals surface area (Å²) in [6, 6.07) is 6.72. The number of carbonyl (C=O) groups is 4. The molecule has 9 nitrogen and oxygen atoms in total. The van der Waals surface area contributed by atoms with Crippen LogP contribution in [-0.4, -0.2) is 54.2 Å². The molecular weight excluding hydrogens is 404 g/mol. The highest BCUT2D eigenvalue weighted by Gasteiger charge is 2.39. The number of nitrogens with one attached hydrogen (secondary N) is 1. The molecule has 1 unspecified atom stereocenters. The van der Waals surface area contributed by atoms with Crippen LogP contribution in [-0.2, 0) is 28.6 Å². The Morgan fingerprint density at radius 1 is 1.23 bits per heavy atom. The first-order chi connectivity index (χ1) is 14.7. The third-order valence-electron chi connectivity index (χ3n) is 4.97. The molecule has 0 aromatic heterocycles. The first kappa shape index (κ1) is 22.3. The second-order valence-corrected chi connectivity index (χ2v) is 7.77. The first-order valence-corrected chi connectivity index (χ1v) is 10.2. The average molecular weight is 430 g/mol. The van der Waals surface area contributed by atoms with Gasteiger partial charge in [0.1, 0.15) is 0 Å². The molecule has 2 fully saturated rings. The quantitative estimate of drug-likeness (QED) is 0.430. The van der Waals surface area contributed by atoms with Crippen molar-refractivity contribution in [1.29, 1.82) is 0 Å². The summed E-state index contributed by atoms with van der Waals surface area (Å²) < 4.78 is 15.2. The Bertz CT molecular complexity index is 900. The number of piperidine rings is 1. The largest absolute Gasteiger partial charge is 0.466 e. The summed E-state index contributed by atoms with van der Waals surface area (Å²) >= 11 is 0. The minimum absolute atomic E-state index is 0.259. The van der Waals surface area contributed by atoms with Crippen molar-refractivity contribution in [2.24, 2.45) is 5.92 Å². The molecule has 31 heavy (non-hydrogen) atoms. The van der Waals surface area contributed by atoms with Crippen LogP contribution in [0.3, 0.4) is 0 Å². The zero-order valence-corrected chi connectivity index (χ0v) is 17.8. The summed E-state index contributed by atoms with van der Waals surface area (Å²) in [5.41, 5.74) is 0.451. The highest BCUT2D eigenvalue weighted by Crippen LogP contribution is 2.25. The van der Waals surface area contributed by atoms with Gasteiger partial charge in [0.2, 0.25) is 0 Å². The Labute approximate surface area is 180 Å². The number of para-hydroxylation sites is 1. The van der Waals surface area contributed by atoms with Crippen LogP contribution in [0.4, 0.5) is 5.69 Å². The predicted octanol–water partition coefficient (Wildman–Crippen LogP) is 2.23. The van der Waals surface area contributed by atoms with Crippen LogP contribution in [0.5, 0.6) is 0 Å². The highest BCUT2D eigenvalue weighted by atomic mass is 16.7. The van der Waals surface area contributed by atoms with Gasteiger partial charge in [-0.15, -0.1) is 0 Å². The summed E-state index contributed by atoms with van der Waals surface area (Å²) in [6.45, 7) is 5.77.